The zero-order valence-corrected chi connectivity index (χ0v) is 9.28. The lowest BCUT2D eigenvalue weighted by atomic mass is 10.1. The van der Waals surface area contributed by atoms with Crippen LogP contribution in [0, 0.1) is 13.8 Å². The van der Waals surface area contributed by atoms with Crippen molar-refractivity contribution in [1.82, 2.24) is 0 Å². The molecule has 1 aromatic carbocycles. The lowest BCUT2D eigenvalue weighted by Crippen LogP contribution is -2.25. The summed E-state index contributed by atoms with van der Waals surface area (Å²) in [5.74, 6) is -0.0208. The Morgan fingerprint density at radius 3 is 2.44 bits per heavy atom. The zero-order chi connectivity index (χ0) is 11.9. The first-order valence-electron chi connectivity index (χ1n) is 5.11. The van der Waals surface area contributed by atoms with E-state index in [4.69, 9.17) is 0 Å². The second-order valence-electron chi connectivity index (χ2n) is 4.12. The predicted octanol–water partition coefficient (Wildman–Crippen LogP) is 1.31. The number of ketones is 1. The second-order valence-corrected chi connectivity index (χ2v) is 4.12. The van der Waals surface area contributed by atoms with Gasteiger partial charge in [-0.3, -0.25) is 9.59 Å². The van der Waals surface area contributed by atoms with E-state index in [1.54, 1.807) is 19.1 Å². The first-order valence-corrected chi connectivity index (χ1v) is 5.11. The summed E-state index contributed by atoms with van der Waals surface area (Å²) in [6, 6.07) is 3.35. The first kappa shape index (κ1) is 10.7. The molecule has 1 amide bonds. The molecule has 1 N–H and O–H groups in total. The fourth-order valence-corrected chi connectivity index (χ4v) is 1.88. The van der Waals surface area contributed by atoms with Gasteiger partial charge in [0.15, 0.2) is 5.78 Å². The van der Waals surface area contributed by atoms with Gasteiger partial charge in [-0.15, -0.1) is 0 Å². The van der Waals surface area contributed by atoms with E-state index >= 15 is 0 Å². The number of benzene rings is 1. The Morgan fingerprint density at radius 2 is 1.88 bits per heavy atom. The number of rotatable bonds is 1. The summed E-state index contributed by atoms with van der Waals surface area (Å²) in [4.78, 5) is 24.2. The van der Waals surface area contributed by atoms with Crippen LogP contribution >= 0.6 is 0 Å². The topological polar surface area (TPSA) is 57.6 Å². The molecule has 1 aromatic rings. The van der Waals surface area contributed by atoms with E-state index in [2.05, 4.69) is 0 Å². The summed E-state index contributed by atoms with van der Waals surface area (Å²) in [6.45, 7) is 3.72. The van der Waals surface area contributed by atoms with Crippen LogP contribution in [0.5, 0.6) is 5.75 Å². The molecule has 16 heavy (non-hydrogen) atoms. The maximum absolute atomic E-state index is 11.6. The molecule has 1 fully saturated rings. The predicted molar refractivity (Wildman–Crippen MR) is 59.6 cm³/mol. The summed E-state index contributed by atoms with van der Waals surface area (Å²) in [5, 5.41) is 9.51. The molecule has 0 bridgehead atoms. The SMILES string of the molecule is Cc1cc(N2CC(=O)CC2=O)c(C)cc1O. The number of aryl methyl sites for hydroxylation is 2. The van der Waals surface area contributed by atoms with E-state index in [0.29, 0.717) is 11.3 Å². The van der Waals surface area contributed by atoms with Crippen LogP contribution in [0.25, 0.3) is 0 Å². The Morgan fingerprint density at radius 1 is 1.19 bits per heavy atom. The Bertz CT molecular complexity index is 479. The van der Waals surface area contributed by atoms with Gasteiger partial charge in [0.25, 0.3) is 0 Å². The highest BCUT2D eigenvalue weighted by Crippen LogP contribution is 2.29. The summed E-state index contributed by atoms with van der Waals surface area (Å²) < 4.78 is 0. The fraction of sp³-hybridized carbons (Fsp3) is 0.333. The van der Waals surface area contributed by atoms with Crippen molar-refractivity contribution in [2.75, 3.05) is 11.4 Å². The number of Topliss-reactive ketones (excluding diaryl/α,β-unsaturated/α-hetero) is 1. The average Bonchev–Trinajstić information content (AvgIpc) is 2.51. The molecule has 0 aliphatic carbocycles. The number of phenols is 1. The van der Waals surface area contributed by atoms with E-state index in [9.17, 15) is 14.7 Å². The van der Waals surface area contributed by atoms with Gasteiger partial charge >= 0.3 is 0 Å². The highest BCUT2D eigenvalue weighted by atomic mass is 16.3. The maximum Gasteiger partial charge on any atom is 0.234 e. The minimum atomic E-state index is -0.168. The average molecular weight is 219 g/mol. The second kappa shape index (κ2) is 3.63. The Hall–Kier alpha value is -1.84. The molecule has 84 valence electrons. The normalized spacial score (nSPS) is 16.0. The van der Waals surface area contributed by atoms with Crippen LogP contribution in [0.3, 0.4) is 0 Å². The minimum Gasteiger partial charge on any atom is -0.508 e. The van der Waals surface area contributed by atoms with Crippen molar-refractivity contribution in [2.45, 2.75) is 20.3 Å². The smallest absolute Gasteiger partial charge is 0.234 e. The number of phenolic OH excluding ortho intramolecular Hbond substituents is 1. The van der Waals surface area contributed by atoms with Crippen LogP contribution in [0.15, 0.2) is 12.1 Å². The summed E-state index contributed by atoms with van der Waals surface area (Å²) in [5.41, 5.74) is 2.21. The van der Waals surface area contributed by atoms with Gasteiger partial charge in [-0.2, -0.15) is 0 Å². The molecule has 0 spiro atoms. The van der Waals surface area contributed by atoms with Crippen molar-refractivity contribution in [3.63, 3.8) is 0 Å². The first-order chi connectivity index (χ1) is 7.49. The summed E-state index contributed by atoms with van der Waals surface area (Å²) in [7, 11) is 0. The van der Waals surface area contributed by atoms with Crippen LogP contribution < -0.4 is 4.90 Å². The van der Waals surface area contributed by atoms with E-state index in [1.807, 2.05) is 6.92 Å². The molecule has 0 atom stereocenters. The van der Waals surface area contributed by atoms with Crippen LogP contribution in [-0.4, -0.2) is 23.3 Å². The lowest BCUT2D eigenvalue weighted by Gasteiger charge is -2.18. The maximum atomic E-state index is 11.6. The summed E-state index contributed by atoms with van der Waals surface area (Å²) >= 11 is 0. The van der Waals surface area contributed by atoms with Crippen LogP contribution in [0.2, 0.25) is 0 Å². The van der Waals surface area contributed by atoms with Crippen LogP contribution in [0.4, 0.5) is 5.69 Å². The quantitative estimate of drug-likeness (QED) is 0.724. The van der Waals surface area contributed by atoms with Gasteiger partial charge in [0.1, 0.15) is 5.75 Å². The standard InChI is InChI=1S/C12H13NO3/c1-7-4-11(15)8(2)3-10(7)13-6-9(14)5-12(13)16/h3-4,15H,5-6H2,1-2H3. The van der Waals surface area contributed by atoms with Crippen molar-refractivity contribution >= 4 is 17.4 Å². The molecule has 0 saturated carbocycles. The van der Waals surface area contributed by atoms with Crippen molar-refractivity contribution < 1.29 is 14.7 Å². The number of nitrogens with zero attached hydrogens (tertiary/aromatic N) is 1. The highest BCUT2D eigenvalue weighted by molar-refractivity contribution is 6.15. The fourth-order valence-electron chi connectivity index (χ4n) is 1.88. The molecule has 0 radical (unpaired) electrons. The Labute approximate surface area is 93.5 Å². The van der Waals surface area contributed by atoms with E-state index in [0.717, 1.165) is 5.56 Å². The van der Waals surface area contributed by atoms with E-state index in [-0.39, 0.29) is 30.4 Å². The monoisotopic (exact) mass is 219 g/mol. The van der Waals surface area contributed by atoms with Gasteiger partial charge in [0.05, 0.1) is 13.0 Å². The molecular weight excluding hydrogens is 206 g/mol. The van der Waals surface area contributed by atoms with E-state index < -0.39 is 0 Å². The number of aromatic hydroxyl groups is 1. The molecule has 0 aromatic heterocycles. The molecule has 1 heterocycles. The Balaban J connectivity index is 2.45. The van der Waals surface area contributed by atoms with Gasteiger partial charge in [-0.25, -0.2) is 0 Å². The third-order valence-electron chi connectivity index (χ3n) is 2.79. The molecular formula is C12H13NO3. The molecule has 4 nitrogen and oxygen atoms in total. The summed E-state index contributed by atoms with van der Waals surface area (Å²) in [6.07, 6.45) is -0.0145. The minimum absolute atomic E-state index is 0.0145. The third kappa shape index (κ3) is 1.66. The number of hydrogen-bond donors (Lipinski definition) is 1. The molecule has 1 aliphatic rings. The molecule has 0 unspecified atom stereocenters. The number of hydrogen-bond acceptors (Lipinski definition) is 3. The zero-order valence-electron chi connectivity index (χ0n) is 9.28. The van der Waals surface area contributed by atoms with Crippen molar-refractivity contribution in [3.8, 4) is 5.75 Å². The lowest BCUT2D eigenvalue weighted by molar-refractivity contribution is -0.121. The van der Waals surface area contributed by atoms with Crippen molar-refractivity contribution in [1.29, 1.82) is 0 Å². The number of amides is 1. The van der Waals surface area contributed by atoms with Gasteiger partial charge in [0.2, 0.25) is 5.91 Å². The van der Waals surface area contributed by atoms with Gasteiger partial charge in [-0.1, -0.05) is 0 Å². The molecule has 2 rings (SSSR count). The number of carbonyl (C=O) groups excluding carboxylic acids is 2. The van der Waals surface area contributed by atoms with Crippen molar-refractivity contribution in [3.05, 3.63) is 23.3 Å². The van der Waals surface area contributed by atoms with Gasteiger partial charge < -0.3 is 10.0 Å². The molecule has 1 aliphatic heterocycles. The molecule has 4 heteroatoms. The van der Waals surface area contributed by atoms with Gasteiger partial charge in [-0.05, 0) is 37.1 Å². The number of anilines is 1. The van der Waals surface area contributed by atoms with Crippen molar-refractivity contribution in [2.24, 2.45) is 0 Å². The molecule has 1 saturated heterocycles. The highest BCUT2D eigenvalue weighted by Gasteiger charge is 2.29. The number of carbonyl (C=O) groups is 2. The largest absolute Gasteiger partial charge is 0.508 e. The van der Waals surface area contributed by atoms with Crippen LogP contribution in [0.1, 0.15) is 17.5 Å². The van der Waals surface area contributed by atoms with Crippen LogP contribution in [-0.2, 0) is 9.59 Å². The Kier molecular flexibility index (Phi) is 2.42. The van der Waals surface area contributed by atoms with E-state index in [1.165, 1.54) is 4.90 Å². The third-order valence-corrected chi connectivity index (χ3v) is 2.79. The van der Waals surface area contributed by atoms with Gasteiger partial charge in [0, 0.05) is 5.69 Å².